The van der Waals surface area contributed by atoms with E-state index in [0.29, 0.717) is 50.1 Å². The molecule has 0 aromatic heterocycles. The fourth-order valence-electron chi connectivity index (χ4n) is 2.96. The van der Waals surface area contributed by atoms with E-state index in [-0.39, 0.29) is 18.4 Å². The first-order valence-corrected chi connectivity index (χ1v) is 10.2. The Kier molecular flexibility index (Phi) is 7.68. The van der Waals surface area contributed by atoms with Crippen molar-refractivity contribution >= 4 is 23.2 Å². The largest absolute Gasteiger partial charge is 0.493 e. The zero-order valence-electron chi connectivity index (χ0n) is 17.5. The highest BCUT2D eigenvalue weighted by Gasteiger charge is 2.18. The number of rotatable bonds is 8. The molecule has 0 radical (unpaired) electrons. The number of carbonyl (C=O) groups is 2. The van der Waals surface area contributed by atoms with Crippen LogP contribution in [0, 0.1) is 5.92 Å². The number of morpholine rings is 1. The summed E-state index contributed by atoms with van der Waals surface area (Å²) in [4.78, 5) is 26.4. The van der Waals surface area contributed by atoms with Crippen molar-refractivity contribution < 1.29 is 19.1 Å². The molecule has 0 aliphatic carbocycles. The second kappa shape index (κ2) is 10.6. The highest BCUT2D eigenvalue weighted by molar-refractivity contribution is 5.96. The lowest BCUT2D eigenvalue weighted by Gasteiger charge is -2.26. The third-order valence-corrected chi connectivity index (χ3v) is 4.60. The highest BCUT2D eigenvalue weighted by atomic mass is 16.5. The van der Waals surface area contributed by atoms with Crippen LogP contribution in [-0.4, -0.2) is 56.2 Å². The van der Waals surface area contributed by atoms with E-state index in [9.17, 15) is 9.59 Å². The van der Waals surface area contributed by atoms with Crippen molar-refractivity contribution in [3.05, 3.63) is 54.1 Å². The van der Waals surface area contributed by atoms with Crippen LogP contribution in [0.5, 0.6) is 5.75 Å². The maximum Gasteiger partial charge on any atom is 0.254 e. The first kappa shape index (κ1) is 21.6. The molecule has 2 N–H and O–H groups in total. The van der Waals surface area contributed by atoms with Crippen molar-refractivity contribution in [2.24, 2.45) is 5.92 Å². The summed E-state index contributed by atoms with van der Waals surface area (Å²) in [5.74, 6) is 1.10. The molecular weight excluding hydrogens is 382 g/mol. The van der Waals surface area contributed by atoms with Gasteiger partial charge in [-0.25, -0.2) is 0 Å². The second-order valence-electron chi connectivity index (χ2n) is 7.61. The molecule has 1 aliphatic rings. The Morgan fingerprint density at radius 2 is 1.63 bits per heavy atom. The SMILES string of the molecule is CC(C)COc1ccc(NCC(=O)Nc2ccc(C(=O)N3CCOCC3)cc2)cc1. The van der Waals surface area contributed by atoms with E-state index in [1.807, 2.05) is 24.3 Å². The summed E-state index contributed by atoms with van der Waals surface area (Å²) in [6.45, 7) is 7.36. The van der Waals surface area contributed by atoms with Crippen molar-refractivity contribution in [3.8, 4) is 5.75 Å². The predicted octanol–water partition coefficient (Wildman–Crippen LogP) is 3.24. The summed E-state index contributed by atoms with van der Waals surface area (Å²) in [6, 6.07) is 14.5. The monoisotopic (exact) mass is 411 g/mol. The number of benzene rings is 2. The van der Waals surface area contributed by atoms with Crippen molar-refractivity contribution in [1.82, 2.24) is 4.90 Å². The minimum Gasteiger partial charge on any atom is -0.493 e. The van der Waals surface area contributed by atoms with Crippen LogP contribution in [0.2, 0.25) is 0 Å². The maximum absolute atomic E-state index is 12.5. The molecule has 0 saturated carbocycles. The average molecular weight is 412 g/mol. The molecule has 2 aromatic rings. The van der Waals surface area contributed by atoms with Gasteiger partial charge in [-0.2, -0.15) is 0 Å². The normalized spacial score (nSPS) is 13.8. The number of hydrogen-bond donors (Lipinski definition) is 2. The maximum atomic E-state index is 12.5. The van der Waals surface area contributed by atoms with E-state index in [1.54, 1.807) is 29.2 Å². The number of anilines is 2. The Bertz CT molecular complexity index is 829. The zero-order valence-corrected chi connectivity index (χ0v) is 17.5. The number of nitrogens with zero attached hydrogens (tertiary/aromatic N) is 1. The first-order chi connectivity index (χ1) is 14.5. The van der Waals surface area contributed by atoms with Gasteiger partial charge in [0, 0.05) is 30.0 Å². The molecule has 1 fully saturated rings. The van der Waals surface area contributed by atoms with E-state index >= 15 is 0 Å². The Hall–Kier alpha value is -3.06. The fraction of sp³-hybridized carbons (Fsp3) is 0.391. The van der Waals surface area contributed by atoms with Gasteiger partial charge < -0.3 is 25.0 Å². The van der Waals surface area contributed by atoms with E-state index in [4.69, 9.17) is 9.47 Å². The summed E-state index contributed by atoms with van der Waals surface area (Å²) in [5, 5.41) is 5.92. The molecule has 0 bridgehead atoms. The van der Waals surface area contributed by atoms with Crippen molar-refractivity contribution in [1.29, 1.82) is 0 Å². The molecule has 160 valence electrons. The Morgan fingerprint density at radius 3 is 2.27 bits per heavy atom. The topological polar surface area (TPSA) is 79.9 Å². The number of ether oxygens (including phenoxy) is 2. The van der Waals surface area contributed by atoms with Crippen LogP contribution >= 0.6 is 0 Å². The minimum absolute atomic E-state index is 0.0151. The van der Waals surface area contributed by atoms with E-state index in [1.165, 1.54) is 0 Å². The molecule has 3 rings (SSSR count). The van der Waals surface area contributed by atoms with E-state index in [0.717, 1.165) is 11.4 Å². The standard InChI is InChI=1S/C23H29N3O4/c1-17(2)16-30-21-9-7-19(8-10-21)24-15-22(27)25-20-5-3-18(4-6-20)23(28)26-11-13-29-14-12-26/h3-10,17,24H,11-16H2,1-2H3,(H,25,27). The van der Waals surface area contributed by atoms with Crippen molar-refractivity contribution in [3.63, 3.8) is 0 Å². The highest BCUT2D eigenvalue weighted by Crippen LogP contribution is 2.17. The Balaban J connectivity index is 1.45. The van der Waals surface area contributed by atoms with Crippen LogP contribution in [-0.2, 0) is 9.53 Å². The second-order valence-corrected chi connectivity index (χ2v) is 7.61. The van der Waals surface area contributed by atoms with Gasteiger partial charge in [-0.1, -0.05) is 13.8 Å². The quantitative estimate of drug-likeness (QED) is 0.697. The van der Waals surface area contributed by atoms with Gasteiger partial charge in [0.25, 0.3) is 5.91 Å². The van der Waals surface area contributed by atoms with Crippen LogP contribution in [0.1, 0.15) is 24.2 Å². The van der Waals surface area contributed by atoms with Crippen LogP contribution in [0.4, 0.5) is 11.4 Å². The van der Waals surface area contributed by atoms with Gasteiger partial charge in [0.15, 0.2) is 0 Å². The van der Waals surface area contributed by atoms with Gasteiger partial charge >= 0.3 is 0 Å². The molecule has 1 saturated heterocycles. The zero-order chi connectivity index (χ0) is 21.3. The van der Waals surface area contributed by atoms with Gasteiger partial charge in [0.05, 0.1) is 26.4 Å². The lowest BCUT2D eigenvalue weighted by atomic mass is 10.1. The number of nitrogens with one attached hydrogen (secondary N) is 2. The molecule has 1 heterocycles. The molecule has 2 amide bonds. The van der Waals surface area contributed by atoms with Crippen LogP contribution in [0.15, 0.2) is 48.5 Å². The predicted molar refractivity (Wildman–Crippen MR) is 117 cm³/mol. The van der Waals surface area contributed by atoms with Gasteiger partial charge in [-0.3, -0.25) is 9.59 Å². The van der Waals surface area contributed by atoms with Gasteiger partial charge in [0.1, 0.15) is 5.75 Å². The minimum atomic E-state index is -0.164. The summed E-state index contributed by atoms with van der Waals surface area (Å²) in [6.07, 6.45) is 0. The molecule has 0 unspecified atom stereocenters. The molecule has 30 heavy (non-hydrogen) atoms. The van der Waals surface area contributed by atoms with Gasteiger partial charge in [-0.05, 0) is 54.4 Å². The summed E-state index contributed by atoms with van der Waals surface area (Å²) in [5.41, 5.74) is 2.10. The van der Waals surface area contributed by atoms with Crippen LogP contribution in [0.25, 0.3) is 0 Å². The average Bonchev–Trinajstić information content (AvgIpc) is 2.77. The third kappa shape index (κ3) is 6.49. The molecular formula is C23H29N3O4. The third-order valence-electron chi connectivity index (χ3n) is 4.60. The molecule has 0 atom stereocenters. The first-order valence-electron chi connectivity index (χ1n) is 10.2. The molecule has 1 aliphatic heterocycles. The number of hydrogen-bond acceptors (Lipinski definition) is 5. The van der Waals surface area contributed by atoms with Crippen LogP contribution < -0.4 is 15.4 Å². The van der Waals surface area contributed by atoms with Crippen LogP contribution in [0.3, 0.4) is 0 Å². The smallest absolute Gasteiger partial charge is 0.254 e. The molecule has 0 spiro atoms. The summed E-state index contributed by atoms with van der Waals surface area (Å²) in [7, 11) is 0. The lowest BCUT2D eigenvalue weighted by Crippen LogP contribution is -2.40. The molecule has 7 nitrogen and oxygen atoms in total. The fourth-order valence-corrected chi connectivity index (χ4v) is 2.96. The van der Waals surface area contributed by atoms with Crippen molar-refractivity contribution in [2.45, 2.75) is 13.8 Å². The van der Waals surface area contributed by atoms with Gasteiger partial charge in [-0.15, -0.1) is 0 Å². The molecule has 7 heteroatoms. The summed E-state index contributed by atoms with van der Waals surface area (Å²) < 4.78 is 10.9. The number of carbonyl (C=O) groups excluding carboxylic acids is 2. The number of amides is 2. The van der Waals surface area contributed by atoms with E-state index < -0.39 is 0 Å². The molecule has 2 aromatic carbocycles. The van der Waals surface area contributed by atoms with Gasteiger partial charge in [0.2, 0.25) is 5.91 Å². The Morgan fingerprint density at radius 1 is 1.00 bits per heavy atom. The summed E-state index contributed by atoms with van der Waals surface area (Å²) >= 11 is 0. The lowest BCUT2D eigenvalue weighted by molar-refractivity contribution is -0.114. The van der Waals surface area contributed by atoms with Crippen molar-refractivity contribution in [2.75, 3.05) is 50.1 Å². The Labute approximate surface area is 177 Å². The van der Waals surface area contributed by atoms with E-state index in [2.05, 4.69) is 24.5 Å².